The lowest BCUT2D eigenvalue weighted by molar-refractivity contribution is -0.127. The van der Waals surface area contributed by atoms with Crippen molar-refractivity contribution in [3.8, 4) is 5.75 Å². The number of nitrogens with one attached hydrogen (secondary N) is 1. The summed E-state index contributed by atoms with van der Waals surface area (Å²) in [5, 5.41) is 2.86. The highest BCUT2D eigenvalue weighted by atomic mass is 16.5. The van der Waals surface area contributed by atoms with Gasteiger partial charge >= 0.3 is 0 Å². The van der Waals surface area contributed by atoms with Crippen LogP contribution in [0.1, 0.15) is 38.3 Å². The van der Waals surface area contributed by atoms with E-state index >= 15 is 0 Å². The molecule has 0 aliphatic rings. The minimum absolute atomic E-state index is 0.0977. The number of amides is 1. The molecule has 4 heteroatoms. The number of carbonyl (C=O) groups excluding carboxylic acids is 1. The van der Waals surface area contributed by atoms with E-state index in [2.05, 4.69) is 5.32 Å². The number of hydrogen-bond acceptors (Lipinski definition) is 3. The third-order valence-corrected chi connectivity index (χ3v) is 3.07. The molecule has 1 N–H and O–H groups in total. The van der Waals surface area contributed by atoms with Crippen molar-refractivity contribution >= 4 is 5.91 Å². The summed E-state index contributed by atoms with van der Waals surface area (Å²) in [5.41, 5.74) is 2.22. The Bertz CT molecular complexity index is 457. The van der Waals surface area contributed by atoms with Gasteiger partial charge in [0.25, 0.3) is 5.91 Å². The Kier molecular flexibility index (Phi) is 7.23. The predicted octanol–water partition coefficient (Wildman–Crippen LogP) is 3.00. The fourth-order valence-electron chi connectivity index (χ4n) is 1.92. The molecular formula is C17H27NO3. The zero-order valence-corrected chi connectivity index (χ0v) is 13.7. The molecule has 0 saturated carbocycles. The van der Waals surface area contributed by atoms with E-state index < -0.39 is 6.10 Å². The van der Waals surface area contributed by atoms with Crippen molar-refractivity contribution in [1.29, 1.82) is 0 Å². The van der Waals surface area contributed by atoms with Crippen molar-refractivity contribution in [2.45, 2.75) is 53.2 Å². The summed E-state index contributed by atoms with van der Waals surface area (Å²) >= 11 is 0. The number of benzene rings is 1. The smallest absolute Gasteiger partial charge is 0.260 e. The Morgan fingerprint density at radius 3 is 2.57 bits per heavy atom. The summed E-state index contributed by atoms with van der Waals surface area (Å²) in [6.07, 6.45) is 0.533. The maximum Gasteiger partial charge on any atom is 0.260 e. The van der Waals surface area contributed by atoms with E-state index in [0.29, 0.717) is 13.2 Å². The monoisotopic (exact) mass is 293 g/mol. The van der Waals surface area contributed by atoms with Gasteiger partial charge in [0.1, 0.15) is 5.75 Å². The molecule has 4 nitrogen and oxygen atoms in total. The van der Waals surface area contributed by atoms with E-state index in [1.54, 1.807) is 6.92 Å². The summed E-state index contributed by atoms with van der Waals surface area (Å²) in [4.78, 5) is 11.9. The summed E-state index contributed by atoms with van der Waals surface area (Å²) in [5.74, 6) is 0.658. The quantitative estimate of drug-likeness (QED) is 0.750. The molecule has 1 atom stereocenters. The summed E-state index contributed by atoms with van der Waals surface area (Å²) < 4.78 is 11.1. The molecule has 0 aromatic heterocycles. The van der Waals surface area contributed by atoms with Gasteiger partial charge in [-0.3, -0.25) is 4.79 Å². The molecule has 0 aliphatic carbocycles. The van der Waals surface area contributed by atoms with Crippen molar-refractivity contribution < 1.29 is 14.3 Å². The van der Waals surface area contributed by atoms with Crippen molar-refractivity contribution in [3.05, 3.63) is 29.3 Å². The van der Waals surface area contributed by atoms with Gasteiger partial charge in [0.15, 0.2) is 6.10 Å². The number of carbonyl (C=O) groups is 1. The van der Waals surface area contributed by atoms with Crippen LogP contribution in [0.5, 0.6) is 5.75 Å². The first kappa shape index (κ1) is 17.5. The maximum atomic E-state index is 11.9. The SMILES string of the molecule is Cc1ccc(O[C@H](C)C(=O)NCCCOC(C)C)c(C)c1. The van der Waals surface area contributed by atoms with Gasteiger partial charge in [0.05, 0.1) is 6.10 Å². The Hall–Kier alpha value is -1.55. The lowest BCUT2D eigenvalue weighted by atomic mass is 10.1. The highest BCUT2D eigenvalue weighted by Crippen LogP contribution is 2.19. The molecule has 1 amide bonds. The lowest BCUT2D eigenvalue weighted by Crippen LogP contribution is -2.37. The van der Waals surface area contributed by atoms with Crippen molar-refractivity contribution in [1.82, 2.24) is 5.32 Å². The second-order valence-electron chi connectivity index (χ2n) is 5.59. The zero-order valence-electron chi connectivity index (χ0n) is 13.7. The van der Waals surface area contributed by atoms with E-state index in [-0.39, 0.29) is 12.0 Å². The largest absolute Gasteiger partial charge is 0.481 e. The van der Waals surface area contributed by atoms with Gasteiger partial charge in [-0.15, -0.1) is 0 Å². The Morgan fingerprint density at radius 2 is 1.95 bits per heavy atom. The predicted molar refractivity (Wildman–Crippen MR) is 84.7 cm³/mol. The minimum Gasteiger partial charge on any atom is -0.481 e. The van der Waals surface area contributed by atoms with Gasteiger partial charge in [0, 0.05) is 13.2 Å². The number of rotatable bonds is 8. The van der Waals surface area contributed by atoms with Gasteiger partial charge in [0.2, 0.25) is 0 Å². The fourth-order valence-corrected chi connectivity index (χ4v) is 1.92. The molecule has 0 radical (unpaired) electrons. The van der Waals surface area contributed by atoms with Gasteiger partial charge < -0.3 is 14.8 Å². The van der Waals surface area contributed by atoms with Gasteiger partial charge in [-0.25, -0.2) is 0 Å². The van der Waals surface area contributed by atoms with Crippen LogP contribution in [0.2, 0.25) is 0 Å². The molecule has 21 heavy (non-hydrogen) atoms. The highest BCUT2D eigenvalue weighted by Gasteiger charge is 2.14. The molecule has 1 aromatic carbocycles. The molecule has 118 valence electrons. The standard InChI is InChI=1S/C17H27NO3/c1-12(2)20-10-6-9-18-17(19)15(5)21-16-8-7-13(3)11-14(16)4/h7-8,11-12,15H,6,9-10H2,1-5H3,(H,18,19)/t15-/m1/s1. The van der Waals surface area contributed by atoms with Crippen LogP contribution in [0.25, 0.3) is 0 Å². The minimum atomic E-state index is -0.502. The van der Waals surface area contributed by atoms with E-state index in [0.717, 1.165) is 17.7 Å². The second kappa shape index (κ2) is 8.67. The average Bonchev–Trinajstić information content (AvgIpc) is 2.40. The molecule has 0 bridgehead atoms. The Morgan fingerprint density at radius 1 is 1.24 bits per heavy atom. The molecule has 0 fully saturated rings. The summed E-state index contributed by atoms with van der Waals surface area (Å²) in [7, 11) is 0. The first-order chi connectivity index (χ1) is 9.90. The first-order valence-electron chi connectivity index (χ1n) is 7.53. The van der Waals surface area contributed by atoms with Crippen molar-refractivity contribution in [3.63, 3.8) is 0 Å². The molecule has 0 unspecified atom stereocenters. The van der Waals surface area contributed by atoms with Crippen LogP contribution < -0.4 is 10.1 Å². The molecule has 1 rings (SSSR count). The second-order valence-corrected chi connectivity index (χ2v) is 5.59. The first-order valence-corrected chi connectivity index (χ1v) is 7.53. The molecule has 0 aliphatic heterocycles. The normalized spacial score (nSPS) is 12.3. The van der Waals surface area contributed by atoms with Crippen LogP contribution >= 0.6 is 0 Å². The van der Waals surface area contributed by atoms with Gasteiger partial charge in [-0.05, 0) is 52.7 Å². The number of ether oxygens (including phenoxy) is 2. The molecule has 0 saturated heterocycles. The van der Waals surface area contributed by atoms with E-state index in [1.807, 2.05) is 45.9 Å². The molecular weight excluding hydrogens is 266 g/mol. The Labute approximate surface area is 127 Å². The molecule has 0 heterocycles. The Balaban J connectivity index is 2.34. The lowest BCUT2D eigenvalue weighted by Gasteiger charge is -2.16. The van der Waals surface area contributed by atoms with Crippen LogP contribution in [0.3, 0.4) is 0 Å². The summed E-state index contributed by atoms with van der Waals surface area (Å²) in [6.45, 7) is 11.0. The summed E-state index contributed by atoms with van der Waals surface area (Å²) in [6, 6.07) is 5.93. The van der Waals surface area contributed by atoms with Gasteiger partial charge in [-0.1, -0.05) is 17.7 Å². The van der Waals surface area contributed by atoms with Crippen LogP contribution in [-0.4, -0.2) is 31.3 Å². The third-order valence-electron chi connectivity index (χ3n) is 3.07. The van der Waals surface area contributed by atoms with Gasteiger partial charge in [-0.2, -0.15) is 0 Å². The average molecular weight is 293 g/mol. The van der Waals surface area contributed by atoms with E-state index in [1.165, 1.54) is 5.56 Å². The van der Waals surface area contributed by atoms with Crippen LogP contribution in [0.15, 0.2) is 18.2 Å². The van der Waals surface area contributed by atoms with Crippen molar-refractivity contribution in [2.24, 2.45) is 0 Å². The molecule has 0 spiro atoms. The third kappa shape index (κ3) is 6.63. The van der Waals surface area contributed by atoms with E-state index in [9.17, 15) is 4.79 Å². The molecule has 1 aromatic rings. The number of aryl methyl sites for hydroxylation is 2. The zero-order chi connectivity index (χ0) is 15.8. The highest BCUT2D eigenvalue weighted by molar-refractivity contribution is 5.80. The fraction of sp³-hybridized carbons (Fsp3) is 0.588. The van der Waals surface area contributed by atoms with Crippen LogP contribution in [0, 0.1) is 13.8 Å². The van der Waals surface area contributed by atoms with Crippen LogP contribution in [-0.2, 0) is 9.53 Å². The number of hydrogen-bond donors (Lipinski definition) is 1. The topological polar surface area (TPSA) is 47.6 Å². The van der Waals surface area contributed by atoms with E-state index in [4.69, 9.17) is 9.47 Å². The maximum absolute atomic E-state index is 11.9. The van der Waals surface area contributed by atoms with Crippen LogP contribution in [0.4, 0.5) is 0 Å². The van der Waals surface area contributed by atoms with Crippen molar-refractivity contribution in [2.75, 3.05) is 13.2 Å².